The summed E-state index contributed by atoms with van der Waals surface area (Å²) in [6, 6.07) is 13.3. The molecule has 1 N–H and O–H groups in total. The van der Waals surface area contributed by atoms with Crippen LogP contribution in [0.3, 0.4) is 0 Å². The lowest BCUT2D eigenvalue weighted by atomic mass is 9.85. The fourth-order valence-electron chi connectivity index (χ4n) is 5.36. The number of aromatic nitrogens is 7. The van der Waals surface area contributed by atoms with E-state index in [0.29, 0.717) is 40.2 Å². The highest BCUT2D eigenvalue weighted by Gasteiger charge is 2.25. The molecule has 1 amide bonds. The average molecular weight is 543 g/mol. The lowest BCUT2D eigenvalue weighted by Crippen LogP contribution is -2.39. The van der Waals surface area contributed by atoms with E-state index in [1.807, 2.05) is 41.0 Å². The Morgan fingerprint density at radius 1 is 1.05 bits per heavy atom. The molecular weight excluding hydrogens is 516 g/mol. The highest BCUT2D eigenvalue weighted by atomic mass is 35.5. The van der Waals surface area contributed by atoms with Gasteiger partial charge in [0.05, 0.1) is 51.6 Å². The number of benzene rings is 1. The molecule has 0 aliphatic heterocycles. The number of carbonyl (C=O) groups is 1. The largest absolute Gasteiger partial charge is 0.349 e. The minimum Gasteiger partial charge on any atom is -0.349 e. The first kappa shape index (κ1) is 25.0. The first-order chi connectivity index (χ1) is 19.0. The zero-order valence-electron chi connectivity index (χ0n) is 21.4. The Bertz CT molecular complexity index is 1680. The van der Waals surface area contributed by atoms with Gasteiger partial charge in [0, 0.05) is 18.8 Å². The number of hydrogen-bond donors (Lipinski definition) is 1. The summed E-state index contributed by atoms with van der Waals surface area (Å²) in [5.41, 5.74) is 3.49. The first-order valence-electron chi connectivity index (χ1n) is 12.9. The van der Waals surface area contributed by atoms with Crippen LogP contribution in [0.5, 0.6) is 0 Å². The van der Waals surface area contributed by atoms with Gasteiger partial charge in [0.25, 0.3) is 5.91 Å². The van der Waals surface area contributed by atoms with Crippen LogP contribution in [0, 0.1) is 12.8 Å². The van der Waals surface area contributed by atoms with Gasteiger partial charge in [0.2, 0.25) is 0 Å². The van der Waals surface area contributed by atoms with Crippen LogP contribution in [0.4, 0.5) is 0 Å². The van der Waals surface area contributed by atoms with Crippen molar-refractivity contribution in [3.63, 3.8) is 0 Å². The summed E-state index contributed by atoms with van der Waals surface area (Å²) >= 11 is 6.04. The molecule has 0 saturated heterocycles. The third kappa shape index (κ3) is 4.95. The van der Waals surface area contributed by atoms with E-state index in [2.05, 4.69) is 25.6 Å². The Morgan fingerprint density at radius 3 is 2.56 bits per heavy atom. The number of imidazole rings is 1. The number of pyridine rings is 2. The molecule has 10 nitrogen and oxygen atoms in total. The molecule has 6 rings (SSSR count). The quantitative estimate of drug-likeness (QED) is 0.345. The van der Waals surface area contributed by atoms with Gasteiger partial charge in [0.1, 0.15) is 0 Å². The predicted molar refractivity (Wildman–Crippen MR) is 147 cm³/mol. The molecule has 0 bridgehead atoms. The van der Waals surface area contributed by atoms with Crippen molar-refractivity contribution in [3.8, 4) is 11.5 Å². The molecule has 11 heteroatoms. The second-order valence-corrected chi connectivity index (χ2v) is 10.4. The van der Waals surface area contributed by atoms with E-state index in [-0.39, 0.29) is 17.6 Å². The number of para-hydroxylation sites is 2. The van der Waals surface area contributed by atoms with E-state index in [9.17, 15) is 9.59 Å². The normalized spacial score (nSPS) is 17.4. The number of carbonyl (C=O) groups excluding carboxylic acids is 1. The van der Waals surface area contributed by atoms with Crippen LogP contribution >= 0.6 is 11.6 Å². The monoisotopic (exact) mass is 542 g/mol. The molecule has 1 aliphatic carbocycles. The molecule has 39 heavy (non-hydrogen) atoms. The third-order valence-corrected chi connectivity index (χ3v) is 7.61. The molecule has 0 radical (unpaired) electrons. The highest BCUT2D eigenvalue weighted by Crippen LogP contribution is 2.28. The van der Waals surface area contributed by atoms with Crippen molar-refractivity contribution in [1.29, 1.82) is 0 Å². The maximum Gasteiger partial charge on any atom is 0.333 e. The number of amides is 1. The SMILES string of the molecule is Cc1ncc(Cl)cc1C(=O)N[C@H]1CC[C@H](Cn2c(=O)n(-c3ccc(-n4ccnn4)nc3)c3ccccc32)CC1. The third-order valence-electron chi connectivity index (χ3n) is 7.40. The molecule has 1 aromatic carbocycles. The molecule has 198 valence electrons. The van der Waals surface area contributed by atoms with Gasteiger partial charge >= 0.3 is 5.69 Å². The van der Waals surface area contributed by atoms with Crippen molar-refractivity contribution < 1.29 is 4.79 Å². The second kappa shape index (κ2) is 10.5. The molecule has 4 heterocycles. The van der Waals surface area contributed by atoms with Gasteiger partial charge in [-0.25, -0.2) is 14.5 Å². The summed E-state index contributed by atoms with van der Waals surface area (Å²) in [6.07, 6.45) is 10.1. The average Bonchev–Trinajstić information content (AvgIpc) is 3.58. The Hall–Kier alpha value is -4.31. The Kier molecular flexibility index (Phi) is 6.70. The van der Waals surface area contributed by atoms with Crippen LogP contribution in [0.1, 0.15) is 41.7 Å². The molecule has 0 unspecified atom stereocenters. The van der Waals surface area contributed by atoms with Crippen LogP contribution < -0.4 is 11.0 Å². The lowest BCUT2D eigenvalue weighted by molar-refractivity contribution is 0.0919. The summed E-state index contributed by atoms with van der Waals surface area (Å²) in [7, 11) is 0. The molecule has 4 aromatic heterocycles. The molecular formula is C28H27ClN8O2. The van der Waals surface area contributed by atoms with Crippen LogP contribution in [-0.2, 0) is 6.54 Å². The number of rotatable bonds is 6. The van der Waals surface area contributed by atoms with Crippen molar-refractivity contribution in [3.05, 3.63) is 94.0 Å². The standard InChI is InChI=1S/C28H27ClN8O2/c1-18-23(14-20(29)15-30-18)27(38)33-21-8-6-19(7-9-21)17-35-24-4-2-3-5-25(24)37(28(35)39)22-10-11-26(31-16-22)36-13-12-32-34-36/h2-5,10-16,19,21H,6-9,17H2,1H3,(H,33,38)/t19-,21-. The van der Waals surface area contributed by atoms with Crippen molar-refractivity contribution in [2.75, 3.05) is 0 Å². The van der Waals surface area contributed by atoms with E-state index < -0.39 is 0 Å². The summed E-state index contributed by atoms with van der Waals surface area (Å²) in [6.45, 7) is 2.42. The van der Waals surface area contributed by atoms with Gasteiger partial charge in [-0.05, 0) is 68.9 Å². The van der Waals surface area contributed by atoms with Gasteiger partial charge in [-0.15, -0.1) is 5.10 Å². The number of aryl methyl sites for hydroxylation is 1. The zero-order chi connectivity index (χ0) is 26.9. The smallest absolute Gasteiger partial charge is 0.333 e. The van der Waals surface area contributed by atoms with Crippen LogP contribution in [0.25, 0.3) is 22.5 Å². The molecule has 5 aromatic rings. The Labute approximate surface area is 229 Å². The number of halogens is 1. The number of nitrogens with zero attached hydrogens (tertiary/aromatic N) is 7. The van der Waals surface area contributed by atoms with E-state index >= 15 is 0 Å². The van der Waals surface area contributed by atoms with Crippen molar-refractivity contribution in [1.82, 2.24) is 39.4 Å². The topological polar surface area (TPSA) is 113 Å². The first-order valence-corrected chi connectivity index (χ1v) is 13.3. The number of nitrogens with one attached hydrogen (secondary N) is 1. The van der Waals surface area contributed by atoms with E-state index in [1.54, 1.807) is 47.0 Å². The molecule has 1 fully saturated rings. The Balaban J connectivity index is 1.18. The van der Waals surface area contributed by atoms with Gasteiger partial charge in [0.15, 0.2) is 5.82 Å². The van der Waals surface area contributed by atoms with E-state index in [4.69, 9.17) is 11.6 Å². The van der Waals surface area contributed by atoms with Crippen LogP contribution in [-0.4, -0.2) is 46.0 Å². The Morgan fingerprint density at radius 2 is 1.85 bits per heavy atom. The summed E-state index contributed by atoms with van der Waals surface area (Å²) in [4.78, 5) is 35.2. The highest BCUT2D eigenvalue weighted by molar-refractivity contribution is 6.30. The van der Waals surface area contributed by atoms with Crippen LogP contribution in [0.2, 0.25) is 5.02 Å². The maximum atomic E-state index is 13.7. The van der Waals surface area contributed by atoms with Crippen molar-refractivity contribution in [2.24, 2.45) is 5.92 Å². The van der Waals surface area contributed by atoms with Crippen molar-refractivity contribution >= 4 is 28.5 Å². The maximum absolute atomic E-state index is 13.7. The lowest BCUT2D eigenvalue weighted by Gasteiger charge is -2.29. The fourth-order valence-corrected chi connectivity index (χ4v) is 5.52. The summed E-state index contributed by atoms with van der Waals surface area (Å²) in [5.74, 6) is 0.810. The predicted octanol–water partition coefficient (Wildman–Crippen LogP) is 4.11. The van der Waals surface area contributed by atoms with Gasteiger partial charge in [-0.3, -0.25) is 18.9 Å². The number of fused-ring (bicyclic) bond motifs is 1. The minimum absolute atomic E-state index is 0.0831. The molecule has 0 spiro atoms. The molecule has 1 aliphatic rings. The number of hydrogen-bond acceptors (Lipinski definition) is 6. The van der Waals surface area contributed by atoms with Gasteiger partial charge in [-0.2, -0.15) is 0 Å². The van der Waals surface area contributed by atoms with E-state index in [0.717, 1.165) is 36.7 Å². The molecule has 1 saturated carbocycles. The van der Waals surface area contributed by atoms with E-state index in [1.165, 1.54) is 0 Å². The van der Waals surface area contributed by atoms with Gasteiger partial charge in [-0.1, -0.05) is 28.9 Å². The van der Waals surface area contributed by atoms with Gasteiger partial charge < -0.3 is 5.32 Å². The summed E-state index contributed by atoms with van der Waals surface area (Å²) in [5, 5.41) is 11.4. The molecule has 0 atom stereocenters. The van der Waals surface area contributed by atoms with Crippen LogP contribution in [0.15, 0.2) is 72.0 Å². The second-order valence-electron chi connectivity index (χ2n) is 9.92. The van der Waals surface area contributed by atoms with Crippen molar-refractivity contribution in [2.45, 2.75) is 45.2 Å². The fraction of sp³-hybridized carbons (Fsp3) is 0.286. The summed E-state index contributed by atoms with van der Waals surface area (Å²) < 4.78 is 5.15. The zero-order valence-corrected chi connectivity index (χ0v) is 22.1. The minimum atomic E-state index is -0.145.